The highest BCUT2D eigenvalue weighted by molar-refractivity contribution is 5.85. The lowest BCUT2D eigenvalue weighted by Gasteiger charge is -2.18. The fourth-order valence-electron chi connectivity index (χ4n) is 2.20. The van der Waals surface area contributed by atoms with Crippen LogP contribution in [0.5, 0.6) is 0 Å². The van der Waals surface area contributed by atoms with Crippen LogP contribution in [0.1, 0.15) is 32.1 Å². The number of ether oxygens (including phenoxy) is 1. The minimum atomic E-state index is -0.0440. The summed E-state index contributed by atoms with van der Waals surface area (Å²) in [6, 6.07) is 0. The Morgan fingerprint density at radius 3 is 2.61 bits per heavy atom. The van der Waals surface area contributed by atoms with Gasteiger partial charge in [-0.25, -0.2) is 0 Å². The Bertz CT molecular complexity index is 275. The van der Waals surface area contributed by atoms with Crippen LogP contribution in [0, 0.1) is 5.92 Å². The van der Waals surface area contributed by atoms with Gasteiger partial charge in [-0.15, -0.1) is 0 Å². The van der Waals surface area contributed by atoms with Gasteiger partial charge in [0.25, 0.3) is 0 Å². The van der Waals surface area contributed by atoms with Crippen molar-refractivity contribution in [3.8, 4) is 0 Å². The molecule has 5 nitrogen and oxygen atoms in total. The fourth-order valence-corrected chi connectivity index (χ4v) is 2.20. The Morgan fingerprint density at radius 1 is 1.33 bits per heavy atom. The van der Waals surface area contributed by atoms with Gasteiger partial charge in [0.2, 0.25) is 11.8 Å². The van der Waals surface area contributed by atoms with Gasteiger partial charge < -0.3 is 15.0 Å². The SMILES string of the molecule is COCCCN(C)C(=O)CNC(=O)C1CCCC1. The number of rotatable bonds is 7. The average molecular weight is 256 g/mol. The van der Waals surface area contributed by atoms with E-state index in [-0.39, 0.29) is 24.3 Å². The third-order valence-electron chi connectivity index (χ3n) is 3.41. The standard InChI is InChI=1S/C13H24N2O3/c1-15(8-5-9-18-2)12(16)10-14-13(17)11-6-3-4-7-11/h11H,3-10H2,1-2H3,(H,14,17). The molecule has 1 saturated carbocycles. The first-order valence-corrected chi connectivity index (χ1v) is 6.65. The van der Waals surface area contributed by atoms with E-state index in [4.69, 9.17) is 4.74 Å². The van der Waals surface area contributed by atoms with Crippen molar-refractivity contribution in [1.29, 1.82) is 0 Å². The zero-order valence-electron chi connectivity index (χ0n) is 11.4. The highest BCUT2D eigenvalue weighted by Crippen LogP contribution is 2.24. The van der Waals surface area contributed by atoms with Crippen LogP contribution in [-0.4, -0.2) is 50.6 Å². The second-order valence-electron chi connectivity index (χ2n) is 4.86. The summed E-state index contributed by atoms with van der Waals surface area (Å²) in [5.41, 5.74) is 0. The molecule has 104 valence electrons. The molecule has 1 fully saturated rings. The molecule has 1 N–H and O–H groups in total. The second-order valence-corrected chi connectivity index (χ2v) is 4.86. The Kier molecular flexibility index (Phi) is 6.72. The van der Waals surface area contributed by atoms with Crippen LogP contribution in [0.3, 0.4) is 0 Å². The van der Waals surface area contributed by atoms with Crippen LogP contribution in [-0.2, 0) is 14.3 Å². The molecule has 1 aliphatic rings. The predicted octanol–water partition coefficient (Wildman–Crippen LogP) is 0.788. The molecule has 1 rings (SSSR count). The maximum absolute atomic E-state index is 11.7. The fraction of sp³-hybridized carbons (Fsp3) is 0.846. The summed E-state index contributed by atoms with van der Waals surface area (Å²) < 4.78 is 4.93. The first-order valence-electron chi connectivity index (χ1n) is 6.65. The topological polar surface area (TPSA) is 58.6 Å². The van der Waals surface area contributed by atoms with Gasteiger partial charge in [-0.2, -0.15) is 0 Å². The van der Waals surface area contributed by atoms with Crippen molar-refractivity contribution in [1.82, 2.24) is 10.2 Å². The highest BCUT2D eigenvalue weighted by Gasteiger charge is 2.23. The summed E-state index contributed by atoms with van der Waals surface area (Å²) in [5.74, 6) is 0.111. The quantitative estimate of drug-likeness (QED) is 0.685. The lowest BCUT2D eigenvalue weighted by molar-refractivity contribution is -0.133. The maximum atomic E-state index is 11.7. The van der Waals surface area contributed by atoms with Gasteiger partial charge in [0.05, 0.1) is 6.54 Å². The summed E-state index contributed by atoms with van der Waals surface area (Å²) in [6.07, 6.45) is 4.99. The number of methoxy groups -OCH3 is 1. The third kappa shape index (κ3) is 5.04. The molecule has 0 radical (unpaired) electrons. The Balaban J connectivity index is 2.16. The van der Waals surface area contributed by atoms with Crippen molar-refractivity contribution in [3.63, 3.8) is 0 Å². The van der Waals surface area contributed by atoms with Gasteiger partial charge in [0, 0.05) is 33.2 Å². The molecule has 0 aliphatic heterocycles. The number of nitrogens with one attached hydrogen (secondary N) is 1. The van der Waals surface area contributed by atoms with Crippen molar-refractivity contribution in [2.24, 2.45) is 5.92 Å². The minimum Gasteiger partial charge on any atom is -0.385 e. The number of nitrogens with zero attached hydrogens (tertiary/aromatic N) is 1. The minimum absolute atomic E-state index is 0.0335. The Morgan fingerprint density at radius 2 is 2.00 bits per heavy atom. The summed E-state index contributed by atoms with van der Waals surface area (Å²) in [7, 11) is 3.39. The van der Waals surface area contributed by atoms with E-state index in [9.17, 15) is 9.59 Å². The highest BCUT2D eigenvalue weighted by atomic mass is 16.5. The molecule has 0 aromatic heterocycles. The van der Waals surface area contributed by atoms with E-state index in [0.717, 1.165) is 32.1 Å². The van der Waals surface area contributed by atoms with Crippen molar-refractivity contribution < 1.29 is 14.3 Å². The number of carbonyl (C=O) groups excluding carboxylic acids is 2. The third-order valence-corrected chi connectivity index (χ3v) is 3.41. The Labute approximate surface area is 109 Å². The van der Waals surface area contributed by atoms with E-state index in [1.807, 2.05) is 0 Å². The van der Waals surface area contributed by atoms with Crippen molar-refractivity contribution in [3.05, 3.63) is 0 Å². The monoisotopic (exact) mass is 256 g/mol. The summed E-state index contributed by atoms with van der Waals surface area (Å²) >= 11 is 0. The lowest BCUT2D eigenvalue weighted by atomic mass is 10.1. The van der Waals surface area contributed by atoms with E-state index in [1.54, 1.807) is 19.1 Å². The number of likely N-dealkylation sites (N-methyl/N-ethyl adjacent to an activating group) is 1. The smallest absolute Gasteiger partial charge is 0.241 e. The van der Waals surface area contributed by atoms with E-state index in [1.165, 1.54) is 0 Å². The lowest BCUT2D eigenvalue weighted by Crippen LogP contribution is -2.40. The second kappa shape index (κ2) is 8.08. The van der Waals surface area contributed by atoms with Gasteiger partial charge >= 0.3 is 0 Å². The molecule has 0 aromatic carbocycles. The van der Waals surface area contributed by atoms with Crippen LogP contribution >= 0.6 is 0 Å². The van der Waals surface area contributed by atoms with Crippen molar-refractivity contribution in [2.75, 3.05) is 33.9 Å². The zero-order chi connectivity index (χ0) is 13.4. The molecule has 0 spiro atoms. The molecule has 18 heavy (non-hydrogen) atoms. The first-order chi connectivity index (χ1) is 8.65. The summed E-state index contributed by atoms with van der Waals surface area (Å²) in [6.45, 7) is 1.41. The van der Waals surface area contributed by atoms with Crippen LogP contribution in [0.2, 0.25) is 0 Å². The predicted molar refractivity (Wildman–Crippen MR) is 69.1 cm³/mol. The number of carbonyl (C=O) groups is 2. The summed E-state index contributed by atoms with van der Waals surface area (Å²) in [4.78, 5) is 25.1. The number of hydrogen-bond donors (Lipinski definition) is 1. The van der Waals surface area contributed by atoms with E-state index in [0.29, 0.717) is 13.2 Å². The van der Waals surface area contributed by atoms with Crippen LogP contribution in [0.15, 0.2) is 0 Å². The van der Waals surface area contributed by atoms with Crippen molar-refractivity contribution in [2.45, 2.75) is 32.1 Å². The molecule has 0 heterocycles. The Hall–Kier alpha value is -1.10. The van der Waals surface area contributed by atoms with Crippen LogP contribution in [0.25, 0.3) is 0 Å². The normalized spacial score (nSPS) is 15.7. The zero-order valence-corrected chi connectivity index (χ0v) is 11.4. The molecule has 0 unspecified atom stereocenters. The summed E-state index contributed by atoms with van der Waals surface area (Å²) in [5, 5.41) is 2.73. The molecule has 2 amide bonds. The molecule has 0 atom stereocenters. The number of amides is 2. The maximum Gasteiger partial charge on any atom is 0.241 e. The molecule has 1 aliphatic carbocycles. The van der Waals surface area contributed by atoms with Gasteiger partial charge in [-0.05, 0) is 19.3 Å². The molecule has 0 aromatic rings. The first kappa shape index (κ1) is 15.0. The van der Waals surface area contributed by atoms with Gasteiger partial charge in [-0.1, -0.05) is 12.8 Å². The molecule has 0 bridgehead atoms. The molecular formula is C13H24N2O3. The molecule has 0 saturated heterocycles. The molecule has 5 heteroatoms. The largest absolute Gasteiger partial charge is 0.385 e. The number of hydrogen-bond acceptors (Lipinski definition) is 3. The van der Waals surface area contributed by atoms with Gasteiger partial charge in [-0.3, -0.25) is 9.59 Å². The van der Waals surface area contributed by atoms with Gasteiger partial charge in [0.15, 0.2) is 0 Å². The van der Waals surface area contributed by atoms with Crippen molar-refractivity contribution >= 4 is 11.8 Å². The van der Waals surface area contributed by atoms with E-state index >= 15 is 0 Å². The molecular weight excluding hydrogens is 232 g/mol. The van der Waals surface area contributed by atoms with E-state index < -0.39 is 0 Å². The van der Waals surface area contributed by atoms with Gasteiger partial charge in [0.1, 0.15) is 0 Å². The van der Waals surface area contributed by atoms with Crippen LogP contribution in [0.4, 0.5) is 0 Å². The average Bonchev–Trinajstić information content (AvgIpc) is 2.89. The van der Waals surface area contributed by atoms with Crippen LogP contribution < -0.4 is 5.32 Å². The van der Waals surface area contributed by atoms with E-state index in [2.05, 4.69) is 5.32 Å².